The Morgan fingerprint density at radius 2 is 1.84 bits per heavy atom. The van der Waals surface area contributed by atoms with E-state index in [0.717, 1.165) is 41.6 Å². The lowest BCUT2D eigenvalue weighted by atomic mass is 9.95. The van der Waals surface area contributed by atoms with E-state index in [0.29, 0.717) is 40.5 Å². The average Bonchev–Trinajstić information content (AvgIpc) is 3.32. The van der Waals surface area contributed by atoms with E-state index in [4.69, 9.17) is 16.3 Å². The second-order valence-electron chi connectivity index (χ2n) is 10.8. The summed E-state index contributed by atoms with van der Waals surface area (Å²) in [6.45, 7) is 8.38. The lowest BCUT2D eigenvalue weighted by molar-refractivity contribution is -0.104. The first kappa shape index (κ1) is 33.5. The Hall–Kier alpha value is -4.41. The molecule has 1 aliphatic heterocycles. The topological polar surface area (TPSA) is 76.5 Å². The van der Waals surface area contributed by atoms with Crippen LogP contribution in [0.1, 0.15) is 40.1 Å². The zero-order chi connectivity index (χ0) is 33.1. The zero-order valence-electron chi connectivity index (χ0n) is 25.7. The van der Waals surface area contributed by atoms with Crippen LogP contribution in [-0.2, 0) is 29.5 Å². The van der Waals surface area contributed by atoms with Gasteiger partial charge in [-0.05, 0) is 55.3 Å². The number of methoxy groups -OCH3 is 1. The minimum atomic E-state index is -4.76. The summed E-state index contributed by atoms with van der Waals surface area (Å²) in [5, 5.41) is 3.19. The van der Waals surface area contributed by atoms with Gasteiger partial charge in [-0.2, -0.15) is 13.2 Å². The van der Waals surface area contributed by atoms with Crippen LogP contribution >= 0.6 is 11.6 Å². The Morgan fingerprint density at radius 1 is 1.16 bits per heavy atom. The van der Waals surface area contributed by atoms with Gasteiger partial charge >= 0.3 is 6.18 Å². The Labute approximate surface area is 265 Å². The Kier molecular flexibility index (Phi) is 10.2. The van der Waals surface area contributed by atoms with Gasteiger partial charge in [0.1, 0.15) is 5.76 Å². The number of hydrogen-bond acceptors (Lipinski definition) is 5. The summed E-state index contributed by atoms with van der Waals surface area (Å²) in [5.74, 6) is -0.0442. The second-order valence-corrected chi connectivity index (χ2v) is 11.1. The number of ether oxygens (including phenoxy) is 1. The number of carbonyl (C=O) groups excluding carboxylic acids is 2. The van der Waals surface area contributed by atoms with Gasteiger partial charge in [0.05, 0.1) is 34.7 Å². The second kappa shape index (κ2) is 13.7. The van der Waals surface area contributed by atoms with E-state index in [9.17, 15) is 22.8 Å². The number of aldehydes is 1. The number of likely N-dealkylation sites (N-methyl/N-ethyl adjacent to an activating group) is 1. The molecule has 1 N–H and O–H groups in total. The molecule has 0 saturated carbocycles. The number of carbonyl (C=O) groups is 2. The van der Waals surface area contributed by atoms with Gasteiger partial charge in [0, 0.05) is 37.8 Å². The number of rotatable bonds is 9. The molecule has 0 aliphatic carbocycles. The summed E-state index contributed by atoms with van der Waals surface area (Å²) < 4.78 is 48.5. The molecule has 11 heteroatoms. The summed E-state index contributed by atoms with van der Waals surface area (Å²) in [6, 6.07) is 10.6. The Morgan fingerprint density at radius 3 is 2.51 bits per heavy atom. The highest BCUT2D eigenvalue weighted by atomic mass is 35.5. The van der Waals surface area contributed by atoms with Gasteiger partial charge in [0.25, 0.3) is 5.91 Å². The molecule has 236 valence electrons. The van der Waals surface area contributed by atoms with Crippen LogP contribution in [0.5, 0.6) is 0 Å². The molecule has 0 radical (unpaired) electrons. The van der Waals surface area contributed by atoms with E-state index < -0.39 is 11.7 Å². The molecular weight excluding hydrogens is 605 g/mol. The van der Waals surface area contributed by atoms with Gasteiger partial charge in [-0.25, -0.2) is 4.98 Å². The summed E-state index contributed by atoms with van der Waals surface area (Å²) in [6.07, 6.45) is -0.164. The fourth-order valence-corrected chi connectivity index (χ4v) is 5.41. The monoisotopic (exact) mass is 638 g/mol. The molecule has 2 heterocycles. The van der Waals surface area contributed by atoms with Crippen molar-refractivity contribution in [1.82, 2.24) is 14.5 Å². The maximum atomic E-state index is 13.9. The minimum Gasteiger partial charge on any atom is -0.501 e. The number of imidazole rings is 1. The molecule has 0 atom stereocenters. The fourth-order valence-electron chi connectivity index (χ4n) is 5.13. The van der Waals surface area contributed by atoms with Crippen molar-refractivity contribution in [2.24, 2.45) is 7.05 Å². The van der Waals surface area contributed by atoms with Gasteiger partial charge in [0.2, 0.25) is 0 Å². The largest absolute Gasteiger partial charge is 0.501 e. The summed E-state index contributed by atoms with van der Waals surface area (Å²) in [4.78, 5) is 31.4. The molecule has 7 nitrogen and oxygen atoms in total. The molecule has 3 aromatic rings. The number of allylic oxidation sites excluding steroid dienone is 6. The Balaban J connectivity index is 1.63. The number of fused-ring (bicyclic) bond motifs is 1. The predicted molar refractivity (Wildman–Crippen MR) is 171 cm³/mol. The lowest BCUT2D eigenvalue weighted by Crippen LogP contribution is -2.27. The van der Waals surface area contributed by atoms with Crippen LogP contribution in [0.2, 0.25) is 5.02 Å². The SMILES string of the molecule is C=C(/C=C/c1cccc(-c2cccc(NC(=O)c3nc4c(n3C)CCN(C)C4)c2Cl)c1C)/C(=C\C(C=O)=C(/C)OC)C(F)(F)F. The van der Waals surface area contributed by atoms with Crippen molar-refractivity contribution in [3.05, 3.63) is 111 Å². The molecule has 45 heavy (non-hydrogen) atoms. The first-order valence-electron chi connectivity index (χ1n) is 14.1. The summed E-state index contributed by atoms with van der Waals surface area (Å²) in [7, 11) is 5.11. The van der Waals surface area contributed by atoms with Crippen molar-refractivity contribution in [3.8, 4) is 11.1 Å². The molecule has 0 bridgehead atoms. The number of anilines is 1. The predicted octanol–water partition coefficient (Wildman–Crippen LogP) is 7.47. The Bertz CT molecular complexity index is 1750. The molecule has 0 saturated heterocycles. The first-order valence-corrected chi connectivity index (χ1v) is 14.4. The molecule has 1 aromatic heterocycles. The maximum Gasteiger partial charge on any atom is 0.416 e. The molecule has 0 spiro atoms. The van der Waals surface area contributed by atoms with Crippen LogP contribution in [0.25, 0.3) is 17.2 Å². The van der Waals surface area contributed by atoms with Gasteiger partial charge in [-0.3, -0.25) is 9.59 Å². The van der Waals surface area contributed by atoms with Crippen LogP contribution in [0, 0.1) is 6.92 Å². The van der Waals surface area contributed by atoms with Gasteiger partial charge in [0.15, 0.2) is 12.1 Å². The molecule has 4 rings (SSSR count). The number of hydrogen-bond donors (Lipinski definition) is 1. The third kappa shape index (κ3) is 7.29. The highest BCUT2D eigenvalue weighted by Gasteiger charge is 2.35. The molecule has 1 amide bonds. The lowest BCUT2D eigenvalue weighted by Gasteiger charge is -2.21. The fraction of sp³-hybridized carbons (Fsp3) is 0.265. The first-order chi connectivity index (χ1) is 21.3. The molecule has 0 unspecified atom stereocenters. The highest BCUT2D eigenvalue weighted by molar-refractivity contribution is 6.36. The number of benzene rings is 2. The van der Waals surface area contributed by atoms with Crippen LogP contribution in [0.15, 0.2) is 77.6 Å². The zero-order valence-corrected chi connectivity index (χ0v) is 26.4. The smallest absolute Gasteiger partial charge is 0.416 e. The number of aromatic nitrogens is 2. The van der Waals surface area contributed by atoms with E-state index >= 15 is 0 Å². The average molecular weight is 639 g/mol. The standard InChI is InChI=1S/C34H34ClF3N4O3/c1-20(27(34(36,37)38)17-24(19-43)22(3)45-6)13-14-23-9-7-10-25(21(23)2)26-11-8-12-28(31(26)35)40-33(44)32-39-29-18-41(4)16-15-30(29)42(32)5/h7-14,17,19H,1,15-16,18H2,2-6H3,(H,40,44)/b14-13+,24-22-,27-17+. The normalized spacial score (nSPS) is 14.6. The van der Waals surface area contributed by atoms with Crippen LogP contribution in [-0.4, -0.2) is 53.5 Å². The summed E-state index contributed by atoms with van der Waals surface area (Å²) in [5.41, 5.74) is 3.40. The van der Waals surface area contributed by atoms with Gasteiger partial charge in [-0.15, -0.1) is 0 Å². The number of amides is 1. The summed E-state index contributed by atoms with van der Waals surface area (Å²) >= 11 is 6.82. The van der Waals surface area contributed by atoms with Gasteiger partial charge < -0.3 is 19.5 Å². The number of halogens is 4. The molecular formula is C34H34ClF3N4O3. The molecule has 0 fully saturated rings. The van der Waals surface area contributed by atoms with E-state index in [1.807, 2.05) is 31.7 Å². The van der Waals surface area contributed by atoms with Crippen molar-refractivity contribution >= 4 is 35.6 Å². The number of nitrogens with zero attached hydrogens (tertiary/aromatic N) is 3. The van der Waals surface area contributed by atoms with Crippen molar-refractivity contribution < 1.29 is 27.5 Å². The molecule has 2 aromatic carbocycles. The van der Waals surface area contributed by atoms with E-state index in [1.54, 1.807) is 30.3 Å². The highest BCUT2D eigenvalue weighted by Crippen LogP contribution is 2.37. The van der Waals surface area contributed by atoms with Crippen LogP contribution < -0.4 is 5.32 Å². The molecule has 1 aliphatic rings. The number of alkyl halides is 3. The van der Waals surface area contributed by atoms with Crippen LogP contribution in [0.3, 0.4) is 0 Å². The van der Waals surface area contributed by atoms with Crippen molar-refractivity contribution in [2.45, 2.75) is 33.0 Å². The van der Waals surface area contributed by atoms with Crippen LogP contribution in [0.4, 0.5) is 18.9 Å². The minimum absolute atomic E-state index is 0.0502. The third-order valence-electron chi connectivity index (χ3n) is 7.82. The van der Waals surface area contributed by atoms with E-state index in [1.165, 1.54) is 26.2 Å². The van der Waals surface area contributed by atoms with E-state index in [2.05, 4.69) is 21.8 Å². The maximum absolute atomic E-state index is 13.9. The third-order valence-corrected chi connectivity index (χ3v) is 8.22. The van der Waals surface area contributed by atoms with Crippen molar-refractivity contribution in [3.63, 3.8) is 0 Å². The van der Waals surface area contributed by atoms with Gasteiger partial charge in [-0.1, -0.05) is 60.7 Å². The number of nitrogens with one attached hydrogen (secondary N) is 1. The van der Waals surface area contributed by atoms with Crippen molar-refractivity contribution in [1.29, 1.82) is 0 Å². The van der Waals surface area contributed by atoms with Crippen molar-refractivity contribution in [2.75, 3.05) is 26.0 Å². The van der Waals surface area contributed by atoms with E-state index in [-0.39, 0.29) is 22.8 Å². The quantitative estimate of drug-likeness (QED) is 0.114.